The minimum Gasteiger partial charge on any atom is -0.398 e. The highest BCUT2D eigenvalue weighted by atomic mass is 79.9. The molecule has 0 atom stereocenters. The average Bonchev–Trinajstić information content (AvgIpc) is 2.22. The van der Waals surface area contributed by atoms with Crippen molar-refractivity contribution in [1.82, 2.24) is 9.62 Å². The molecule has 3 N–H and O–H groups in total. The van der Waals surface area contributed by atoms with Crippen LogP contribution in [0.5, 0.6) is 0 Å². The molecule has 8 heteroatoms. The predicted molar refractivity (Wildman–Crippen MR) is 72.3 cm³/mol. The maximum atomic E-state index is 13.6. The van der Waals surface area contributed by atoms with Gasteiger partial charge in [0.25, 0.3) is 0 Å². The first kappa shape index (κ1) is 15.4. The van der Waals surface area contributed by atoms with Gasteiger partial charge >= 0.3 is 0 Å². The highest BCUT2D eigenvalue weighted by molar-refractivity contribution is 9.10. The second-order valence-electron chi connectivity index (χ2n) is 4.01. The molecule has 5 nitrogen and oxygen atoms in total. The molecule has 0 aromatic heterocycles. The van der Waals surface area contributed by atoms with E-state index in [2.05, 4.69) is 20.7 Å². The number of anilines is 1. The second-order valence-corrected chi connectivity index (χ2v) is 6.59. The summed E-state index contributed by atoms with van der Waals surface area (Å²) in [6.07, 6.45) is 0. The van der Waals surface area contributed by atoms with Crippen LogP contribution in [-0.2, 0) is 10.0 Å². The first-order chi connectivity index (χ1) is 8.24. The SMILES string of the molecule is CN(C)CCNS(=O)(=O)c1cc(N)c(Br)cc1F. The lowest BCUT2D eigenvalue weighted by Crippen LogP contribution is -2.31. The first-order valence-corrected chi connectivity index (χ1v) is 7.40. The lowest BCUT2D eigenvalue weighted by molar-refractivity contribution is 0.412. The molecule has 0 aliphatic carbocycles. The van der Waals surface area contributed by atoms with Crippen molar-refractivity contribution < 1.29 is 12.8 Å². The smallest absolute Gasteiger partial charge is 0.243 e. The molecule has 1 aromatic carbocycles. The number of sulfonamides is 1. The average molecular weight is 340 g/mol. The lowest BCUT2D eigenvalue weighted by Gasteiger charge is -2.12. The van der Waals surface area contributed by atoms with Crippen LogP contribution >= 0.6 is 15.9 Å². The van der Waals surface area contributed by atoms with Gasteiger partial charge in [-0.15, -0.1) is 0 Å². The number of likely N-dealkylation sites (N-methyl/N-ethyl adjacent to an activating group) is 1. The fraction of sp³-hybridized carbons (Fsp3) is 0.400. The maximum Gasteiger partial charge on any atom is 0.243 e. The van der Waals surface area contributed by atoms with E-state index in [0.717, 1.165) is 12.1 Å². The van der Waals surface area contributed by atoms with Gasteiger partial charge in [-0.05, 0) is 42.2 Å². The zero-order valence-corrected chi connectivity index (χ0v) is 12.5. The highest BCUT2D eigenvalue weighted by Gasteiger charge is 2.20. The number of nitrogens with two attached hydrogens (primary N) is 1. The largest absolute Gasteiger partial charge is 0.398 e. The van der Waals surface area contributed by atoms with Gasteiger partial charge in [0, 0.05) is 23.2 Å². The summed E-state index contributed by atoms with van der Waals surface area (Å²) in [5.41, 5.74) is 5.72. The standard InChI is InChI=1S/C10H15BrFN3O2S/c1-15(2)4-3-14-18(16,17)10-6-9(13)7(11)5-8(10)12/h5-6,14H,3-4,13H2,1-2H3. The zero-order chi connectivity index (χ0) is 13.9. The van der Waals surface area contributed by atoms with Gasteiger partial charge in [0.2, 0.25) is 10.0 Å². The Hall–Kier alpha value is -0.700. The molecule has 1 aromatic rings. The third kappa shape index (κ3) is 3.91. The van der Waals surface area contributed by atoms with E-state index in [1.807, 2.05) is 19.0 Å². The summed E-state index contributed by atoms with van der Waals surface area (Å²) >= 11 is 3.03. The van der Waals surface area contributed by atoms with Crippen LogP contribution in [0.15, 0.2) is 21.5 Å². The summed E-state index contributed by atoms with van der Waals surface area (Å²) < 4.78 is 40.0. The van der Waals surface area contributed by atoms with E-state index in [4.69, 9.17) is 5.73 Å². The summed E-state index contributed by atoms with van der Waals surface area (Å²) in [5, 5.41) is 0. The molecule has 0 fully saturated rings. The molecule has 0 radical (unpaired) electrons. The summed E-state index contributed by atoms with van der Waals surface area (Å²) in [6, 6.07) is 2.13. The fourth-order valence-electron chi connectivity index (χ4n) is 1.23. The lowest BCUT2D eigenvalue weighted by atomic mass is 10.3. The number of nitrogens with zero attached hydrogens (tertiary/aromatic N) is 1. The third-order valence-electron chi connectivity index (χ3n) is 2.19. The van der Waals surface area contributed by atoms with Crippen LogP contribution < -0.4 is 10.5 Å². The van der Waals surface area contributed by atoms with Gasteiger partial charge in [0.05, 0.1) is 0 Å². The van der Waals surface area contributed by atoms with Gasteiger partial charge < -0.3 is 10.6 Å². The number of rotatable bonds is 5. The first-order valence-electron chi connectivity index (χ1n) is 5.13. The number of nitrogen functional groups attached to an aromatic ring is 1. The van der Waals surface area contributed by atoms with E-state index in [1.54, 1.807) is 0 Å². The number of hydrogen-bond acceptors (Lipinski definition) is 4. The Kier molecular flexibility index (Phi) is 5.09. The van der Waals surface area contributed by atoms with Crippen LogP contribution in [0.25, 0.3) is 0 Å². The molecule has 0 heterocycles. The molecule has 18 heavy (non-hydrogen) atoms. The summed E-state index contributed by atoms with van der Waals surface area (Å²) in [5.74, 6) is -0.839. The molecule has 0 saturated carbocycles. The van der Waals surface area contributed by atoms with Crippen LogP contribution in [0.2, 0.25) is 0 Å². The van der Waals surface area contributed by atoms with Crippen LogP contribution in [0.4, 0.5) is 10.1 Å². The van der Waals surface area contributed by atoms with E-state index in [9.17, 15) is 12.8 Å². The number of halogens is 2. The van der Waals surface area contributed by atoms with Crippen molar-refractivity contribution in [3.63, 3.8) is 0 Å². The van der Waals surface area contributed by atoms with Crippen molar-refractivity contribution in [1.29, 1.82) is 0 Å². The van der Waals surface area contributed by atoms with Gasteiger partial charge in [0.15, 0.2) is 0 Å². The number of benzene rings is 1. The molecule has 0 aliphatic rings. The maximum absolute atomic E-state index is 13.6. The van der Waals surface area contributed by atoms with Gasteiger partial charge in [-0.3, -0.25) is 0 Å². The van der Waals surface area contributed by atoms with E-state index < -0.39 is 20.7 Å². The summed E-state index contributed by atoms with van der Waals surface area (Å²) in [4.78, 5) is 1.37. The van der Waals surface area contributed by atoms with E-state index in [1.165, 1.54) is 0 Å². The molecule has 0 bridgehead atoms. The molecule has 0 unspecified atom stereocenters. The molecule has 0 saturated heterocycles. The molecule has 102 valence electrons. The van der Waals surface area contributed by atoms with Crippen molar-refractivity contribution in [3.05, 3.63) is 22.4 Å². The Bertz CT molecular complexity index is 534. The molecule has 0 amide bonds. The number of hydrogen-bond donors (Lipinski definition) is 2. The molecule has 0 spiro atoms. The highest BCUT2D eigenvalue weighted by Crippen LogP contribution is 2.25. The summed E-state index contributed by atoms with van der Waals surface area (Å²) in [6.45, 7) is 0.720. The molecule has 1 rings (SSSR count). The Morgan fingerprint density at radius 2 is 2.06 bits per heavy atom. The van der Waals surface area contributed by atoms with Gasteiger partial charge in [-0.25, -0.2) is 17.5 Å². The van der Waals surface area contributed by atoms with E-state index >= 15 is 0 Å². The minimum absolute atomic E-state index is 0.171. The third-order valence-corrected chi connectivity index (χ3v) is 4.35. The second kappa shape index (κ2) is 5.96. The van der Waals surface area contributed by atoms with Crippen molar-refractivity contribution >= 4 is 31.6 Å². The topological polar surface area (TPSA) is 75.4 Å². The fourth-order valence-corrected chi connectivity index (χ4v) is 2.66. The molecular weight excluding hydrogens is 325 g/mol. The predicted octanol–water partition coefficient (Wildman–Crippen LogP) is 1.01. The van der Waals surface area contributed by atoms with Crippen LogP contribution in [0.3, 0.4) is 0 Å². The van der Waals surface area contributed by atoms with Crippen molar-refractivity contribution in [2.24, 2.45) is 0 Å². The van der Waals surface area contributed by atoms with Gasteiger partial charge in [-0.1, -0.05) is 0 Å². The normalized spacial score (nSPS) is 12.1. The number of nitrogens with one attached hydrogen (secondary N) is 1. The monoisotopic (exact) mass is 339 g/mol. The van der Waals surface area contributed by atoms with Gasteiger partial charge in [0.1, 0.15) is 10.7 Å². The van der Waals surface area contributed by atoms with Crippen molar-refractivity contribution in [3.8, 4) is 0 Å². The Morgan fingerprint density at radius 3 is 2.61 bits per heavy atom. The van der Waals surface area contributed by atoms with Crippen LogP contribution in [0, 0.1) is 5.82 Å². The van der Waals surface area contributed by atoms with Crippen molar-refractivity contribution in [2.75, 3.05) is 32.9 Å². The summed E-state index contributed by atoms with van der Waals surface area (Å²) in [7, 11) is -0.254. The van der Waals surface area contributed by atoms with Crippen molar-refractivity contribution in [2.45, 2.75) is 4.90 Å². The van der Waals surface area contributed by atoms with E-state index in [-0.39, 0.29) is 12.2 Å². The molecular formula is C10H15BrFN3O2S. The van der Waals surface area contributed by atoms with Crippen LogP contribution in [0.1, 0.15) is 0 Å². The van der Waals surface area contributed by atoms with Gasteiger partial charge in [-0.2, -0.15) is 0 Å². The molecule has 0 aliphatic heterocycles. The Morgan fingerprint density at radius 1 is 1.44 bits per heavy atom. The van der Waals surface area contributed by atoms with Crippen LogP contribution in [-0.4, -0.2) is 40.5 Å². The minimum atomic E-state index is -3.88. The Labute approximate surface area is 114 Å². The zero-order valence-electron chi connectivity index (χ0n) is 10.1. The van der Waals surface area contributed by atoms with E-state index in [0.29, 0.717) is 11.0 Å². The Balaban J connectivity index is 2.95. The quantitative estimate of drug-likeness (QED) is 0.785.